The van der Waals surface area contributed by atoms with Crippen molar-refractivity contribution in [2.75, 3.05) is 20.1 Å². The highest BCUT2D eigenvalue weighted by Gasteiger charge is 2.17. The highest BCUT2D eigenvalue weighted by Crippen LogP contribution is 2.15. The van der Waals surface area contributed by atoms with E-state index in [9.17, 15) is 5.11 Å². The molecule has 1 aliphatic heterocycles. The minimum atomic E-state index is -0.118. The SMILES string of the molecule is CN=C(NCc1ccc(CN2CCC(O)CC2)cc1)NC(C)Cc1c(C)nn(C)c1C.I. The van der Waals surface area contributed by atoms with Crippen LogP contribution in [-0.4, -0.2) is 58.0 Å². The molecule has 1 aliphatic rings. The number of halogens is 1. The molecule has 0 spiro atoms. The smallest absolute Gasteiger partial charge is 0.191 e. The van der Waals surface area contributed by atoms with Gasteiger partial charge in [-0.3, -0.25) is 14.6 Å². The molecular weight excluding hydrogens is 515 g/mol. The molecule has 1 aromatic heterocycles. The van der Waals surface area contributed by atoms with Gasteiger partial charge in [0.25, 0.3) is 0 Å². The Morgan fingerprint density at radius 1 is 1.19 bits per heavy atom. The fourth-order valence-corrected chi connectivity index (χ4v) is 4.18. The zero-order valence-electron chi connectivity index (χ0n) is 20.1. The Bertz CT molecular complexity index is 871. The topological polar surface area (TPSA) is 77.7 Å². The van der Waals surface area contributed by atoms with Crippen LogP contribution in [0.4, 0.5) is 0 Å². The van der Waals surface area contributed by atoms with E-state index in [0.717, 1.165) is 57.1 Å². The molecule has 3 rings (SSSR count). The van der Waals surface area contributed by atoms with Gasteiger partial charge in [0, 0.05) is 52.0 Å². The van der Waals surface area contributed by atoms with Crippen LogP contribution in [0, 0.1) is 13.8 Å². The van der Waals surface area contributed by atoms with Crippen molar-refractivity contribution < 1.29 is 5.11 Å². The highest BCUT2D eigenvalue weighted by atomic mass is 127. The van der Waals surface area contributed by atoms with E-state index in [0.29, 0.717) is 0 Å². The van der Waals surface area contributed by atoms with Gasteiger partial charge in [0.1, 0.15) is 0 Å². The van der Waals surface area contributed by atoms with Crippen LogP contribution in [0.15, 0.2) is 29.3 Å². The minimum absolute atomic E-state index is 0. The summed E-state index contributed by atoms with van der Waals surface area (Å²) in [7, 11) is 3.80. The quantitative estimate of drug-likeness (QED) is 0.279. The monoisotopic (exact) mass is 554 g/mol. The number of aliphatic hydroxyl groups is 1. The number of benzene rings is 1. The molecule has 32 heavy (non-hydrogen) atoms. The van der Waals surface area contributed by atoms with Crippen molar-refractivity contribution in [3.8, 4) is 0 Å². The van der Waals surface area contributed by atoms with Gasteiger partial charge in [-0.1, -0.05) is 24.3 Å². The molecule has 1 unspecified atom stereocenters. The van der Waals surface area contributed by atoms with Gasteiger partial charge in [0.05, 0.1) is 11.8 Å². The molecule has 2 aromatic rings. The number of likely N-dealkylation sites (tertiary alicyclic amines) is 1. The zero-order valence-corrected chi connectivity index (χ0v) is 22.4. The second kappa shape index (κ2) is 12.6. The number of aryl methyl sites for hydroxylation is 2. The van der Waals surface area contributed by atoms with E-state index >= 15 is 0 Å². The maximum atomic E-state index is 9.66. The van der Waals surface area contributed by atoms with Crippen LogP contribution in [0.25, 0.3) is 0 Å². The lowest BCUT2D eigenvalue weighted by atomic mass is 10.1. The first kappa shape index (κ1) is 26.6. The van der Waals surface area contributed by atoms with Crippen molar-refractivity contribution in [1.29, 1.82) is 0 Å². The summed E-state index contributed by atoms with van der Waals surface area (Å²) in [5.74, 6) is 0.808. The predicted octanol–water partition coefficient (Wildman–Crippen LogP) is 2.91. The van der Waals surface area contributed by atoms with Crippen molar-refractivity contribution in [1.82, 2.24) is 25.3 Å². The molecule has 0 bridgehead atoms. The summed E-state index contributed by atoms with van der Waals surface area (Å²) in [6.07, 6.45) is 2.56. The van der Waals surface area contributed by atoms with E-state index in [1.54, 1.807) is 7.05 Å². The number of guanidine groups is 1. The van der Waals surface area contributed by atoms with Crippen molar-refractivity contribution >= 4 is 29.9 Å². The first-order chi connectivity index (χ1) is 14.9. The summed E-state index contributed by atoms with van der Waals surface area (Å²) in [5.41, 5.74) is 6.16. The van der Waals surface area contributed by atoms with E-state index in [4.69, 9.17) is 0 Å². The first-order valence-corrected chi connectivity index (χ1v) is 11.3. The number of nitrogens with one attached hydrogen (secondary N) is 2. The molecule has 0 amide bonds. The Morgan fingerprint density at radius 3 is 2.38 bits per heavy atom. The summed E-state index contributed by atoms with van der Waals surface area (Å²) in [4.78, 5) is 6.80. The van der Waals surface area contributed by atoms with E-state index in [1.165, 1.54) is 22.4 Å². The normalized spacial score (nSPS) is 16.5. The zero-order chi connectivity index (χ0) is 22.4. The van der Waals surface area contributed by atoms with Gasteiger partial charge in [-0.15, -0.1) is 24.0 Å². The maximum Gasteiger partial charge on any atom is 0.191 e. The van der Waals surface area contributed by atoms with Crippen LogP contribution in [0.1, 0.15) is 47.8 Å². The lowest BCUT2D eigenvalue weighted by molar-refractivity contribution is 0.0792. The predicted molar refractivity (Wildman–Crippen MR) is 142 cm³/mol. The molecule has 2 heterocycles. The standard InChI is InChI=1S/C24H38N6O.HI/c1-17(14-23-18(2)28-29(5)19(23)3)27-24(25-4)26-15-20-6-8-21(9-7-20)16-30-12-10-22(31)11-13-30;/h6-9,17,22,31H,10-16H2,1-5H3,(H2,25,26,27);1H. The van der Waals surface area contributed by atoms with Crippen molar-refractivity contribution in [3.05, 3.63) is 52.3 Å². The lowest BCUT2D eigenvalue weighted by Crippen LogP contribution is -2.42. The highest BCUT2D eigenvalue weighted by molar-refractivity contribution is 14.0. The molecule has 1 fully saturated rings. The summed E-state index contributed by atoms with van der Waals surface area (Å²) in [5, 5.41) is 21.1. The number of piperidine rings is 1. The van der Waals surface area contributed by atoms with Crippen LogP contribution < -0.4 is 10.6 Å². The van der Waals surface area contributed by atoms with E-state index in [-0.39, 0.29) is 36.1 Å². The number of hydrogen-bond donors (Lipinski definition) is 3. The number of nitrogens with zero attached hydrogens (tertiary/aromatic N) is 4. The number of rotatable bonds is 7. The average molecular weight is 555 g/mol. The van der Waals surface area contributed by atoms with Crippen LogP contribution in [0.2, 0.25) is 0 Å². The molecule has 8 heteroatoms. The van der Waals surface area contributed by atoms with Crippen LogP contribution >= 0.6 is 24.0 Å². The third-order valence-corrected chi connectivity index (χ3v) is 6.22. The summed E-state index contributed by atoms with van der Waals surface area (Å²) in [6.45, 7) is 9.99. The Hall–Kier alpha value is -1.65. The van der Waals surface area contributed by atoms with Gasteiger partial charge < -0.3 is 15.7 Å². The molecule has 1 saturated heterocycles. The number of aromatic nitrogens is 2. The fourth-order valence-electron chi connectivity index (χ4n) is 4.18. The molecule has 0 radical (unpaired) electrons. The molecule has 0 saturated carbocycles. The Labute approximate surface area is 209 Å². The van der Waals surface area contributed by atoms with Gasteiger partial charge in [-0.25, -0.2) is 0 Å². The summed E-state index contributed by atoms with van der Waals surface area (Å²) >= 11 is 0. The number of aliphatic hydroxyl groups excluding tert-OH is 1. The van der Waals surface area contributed by atoms with Gasteiger partial charge in [-0.2, -0.15) is 5.10 Å². The summed E-state index contributed by atoms with van der Waals surface area (Å²) in [6, 6.07) is 9.02. The van der Waals surface area contributed by atoms with Crippen molar-refractivity contribution in [2.24, 2.45) is 12.0 Å². The fraction of sp³-hybridized carbons (Fsp3) is 0.583. The Morgan fingerprint density at radius 2 is 1.81 bits per heavy atom. The van der Waals surface area contributed by atoms with Crippen molar-refractivity contribution in [2.45, 2.75) is 65.3 Å². The molecule has 1 atom stereocenters. The molecule has 1 aromatic carbocycles. The largest absolute Gasteiger partial charge is 0.393 e. The third-order valence-electron chi connectivity index (χ3n) is 6.22. The molecule has 3 N–H and O–H groups in total. The molecule has 0 aliphatic carbocycles. The van der Waals surface area contributed by atoms with E-state index < -0.39 is 0 Å². The van der Waals surface area contributed by atoms with Crippen LogP contribution in [0.3, 0.4) is 0 Å². The molecule has 7 nitrogen and oxygen atoms in total. The number of hydrogen-bond acceptors (Lipinski definition) is 4. The number of aliphatic imine (C=N–C) groups is 1. The second-order valence-corrected chi connectivity index (χ2v) is 8.77. The van der Waals surface area contributed by atoms with Gasteiger partial charge in [0.2, 0.25) is 0 Å². The Balaban J connectivity index is 0.00000363. The second-order valence-electron chi connectivity index (χ2n) is 8.77. The van der Waals surface area contributed by atoms with Gasteiger partial charge >= 0.3 is 0 Å². The average Bonchev–Trinajstić information content (AvgIpc) is 2.99. The van der Waals surface area contributed by atoms with Gasteiger partial charge in [0.15, 0.2) is 5.96 Å². The van der Waals surface area contributed by atoms with E-state index in [2.05, 4.69) is 70.7 Å². The maximum absolute atomic E-state index is 9.66. The van der Waals surface area contributed by atoms with Crippen LogP contribution in [-0.2, 0) is 26.6 Å². The Kier molecular flexibility index (Phi) is 10.4. The van der Waals surface area contributed by atoms with E-state index in [1.807, 2.05) is 11.7 Å². The van der Waals surface area contributed by atoms with Crippen LogP contribution in [0.5, 0.6) is 0 Å². The molecule has 178 valence electrons. The minimum Gasteiger partial charge on any atom is -0.393 e. The molecular formula is C24H39IN6O. The summed E-state index contributed by atoms with van der Waals surface area (Å²) < 4.78 is 1.95. The first-order valence-electron chi connectivity index (χ1n) is 11.3. The van der Waals surface area contributed by atoms with Crippen molar-refractivity contribution in [3.63, 3.8) is 0 Å². The lowest BCUT2D eigenvalue weighted by Gasteiger charge is -2.29. The van der Waals surface area contributed by atoms with Gasteiger partial charge in [-0.05, 0) is 56.7 Å². The third kappa shape index (κ3) is 7.45.